The van der Waals surface area contributed by atoms with Crippen molar-refractivity contribution < 1.29 is 127 Å². The number of phenolic OH excluding ortho intramolecular Hbond substituents is 2. The lowest BCUT2D eigenvalue weighted by Crippen LogP contribution is -2.60. The highest BCUT2D eigenvalue weighted by Crippen LogP contribution is 2.18. The van der Waals surface area contributed by atoms with Crippen LogP contribution >= 0.6 is 0 Å². The first-order valence-electron chi connectivity index (χ1n) is 34.1. The van der Waals surface area contributed by atoms with Gasteiger partial charge in [-0.05, 0) is 126 Å². The molecule has 40 nitrogen and oxygen atoms in total. The number of hydrogen-bond donors (Lipinski definition) is 22. The van der Waals surface area contributed by atoms with E-state index in [-0.39, 0.29) is 114 Å². The van der Waals surface area contributed by atoms with Gasteiger partial charge in [-0.3, -0.25) is 76.7 Å². The first-order valence-corrected chi connectivity index (χ1v) is 34.1. The molecule has 3 unspecified atom stereocenters. The van der Waals surface area contributed by atoms with Crippen LogP contribution in [0.3, 0.4) is 0 Å². The molecular formula is C66H92N14O26. The van der Waals surface area contributed by atoms with Gasteiger partial charge in [-0.2, -0.15) is 0 Å². The average molecular weight is 1500 g/mol. The Bertz CT molecular complexity index is 3260. The van der Waals surface area contributed by atoms with Gasteiger partial charge < -0.3 is 116 Å². The third-order valence-corrected chi connectivity index (χ3v) is 16.8. The highest BCUT2D eigenvalue weighted by molar-refractivity contribution is 6.00. The second kappa shape index (κ2) is 44.2. The molecule has 0 aliphatic carbocycles. The highest BCUT2D eigenvalue weighted by atomic mass is 16.4. The van der Waals surface area contributed by atoms with Crippen LogP contribution in [-0.4, -0.2) is 233 Å². The number of benzene rings is 2. The van der Waals surface area contributed by atoms with E-state index in [1.165, 1.54) is 48.5 Å². The molecule has 24 N–H and O–H groups in total. The number of hydrogen-bond acceptors (Lipinski definition) is 22. The van der Waals surface area contributed by atoms with Gasteiger partial charge in [0, 0.05) is 38.5 Å². The minimum Gasteiger partial charge on any atom is -0.508 e. The first kappa shape index (κ1) is 86.8. The Morgan fingerprint density at radius 2 is 0.613 bits per heavy atom. The van der Waals surface area contributed by atoms with Crippen molar-refractivity contribution in [3.8, 4) is 11.5 Å². The van der Waals surface area contributed by atoms with E-state index in [0.717, 1.165) is 0 Å². The predicted molar refractivity (Wildman–Crippen MR) is 363 cm³/mol. The van der Waals surface area contributed by atoms with Crippen LogP contribution in [0.2, 0.25) is 0 Å². The Kier molecular flexibility index (Phi) is 36.2. The van der Waals surface area contributed by atoms with Crippen LogP contribution in [0.4, 0.5) is 0 Å². The number of aromatic hydroxyl groups is 2. The highest BCUT2D eigenvalue weighted by Gasteiger charge is 2.39. The molecule has 40 heteroatoms. The molecule has 0 aromatic heterocycles. The number of amides is 12. The fourth-order valence-corrected chi connectivity index (χ4v) is 11.1. The van der Waals surface area contributed by atoms with Crippen molar-refractivity contribution in [2.24, 2.45) is 11.5 Å². The number of nitrogens with two attached hydrogens (primary N) is 2. The third-order valence-electron chi connectivity index (χ3n) is 16.8. The van der Waals surface area contributed by atoms with Gasteiger partial charge in [0.25, 0.3) is 0 Å². The molecule has 0 spiro atoms. The van der Waals surface area contributed by atoms with Crippen LogP contribution in [0, 0.1) is 0 Å². The summed E-state index contributed by atoms with van der Waals surface area (Å²) in [6, 6.07) is -10.0. The molecule has 2 aliphatic heterocycles. The normalized spacial score (nSPS) is 16.6. The van der Waals surface area contributed by atoms with E-state index in [1.807, 2.05) is 0 Å². The molecule has 12 amide bonds. The predicted octanol–water partition coefficient (Wildman–Crippen LogP) is -5.05. The maximum Gasteiger partial charge on any atom is 0.326 e. The molecule has 2 fully saturated rings. The monoisotopic (exact) mass is 1500 g/mol. The molecule has 582 valence electrons. The Morgan fingerprint density at radius 1 is 0.349 bits per heavy atom. The molecule has 0 bridgehead atoms. The van der Waals surface area contributed by atoms with Crippen molar-refractivity contribution >= 4 is 107 Å². The Labute approximate surface area is 605 Å². The molecule has 0 radical (unpaired) electrons. The van der Waals surface area contributed by atoms with Crippen molar-refractivity contribution in [3.63, 3.8) is 0 Å². The maximum atomic E-state index is 14.4. The Balaban J connectivity index is 1.68. The fraction of sp³-hybridized carbons (Fsp3) is 0.545. The summed E-state index contributed by atoms with van der Waals surface area (Å²) >= 11 is 0. The van der Waals surface area contributed by atoms with Gasteiger partial charge in [-0.25, -0.2) is 9.59 Å². The van der Waals surface area contributed by atoms with Gasteiger partial charge in [0.2, 0.25) is 70.9 Å². The molecule has 2 aliphatic rings. The van der Waals surface area contributed by atoms with E-state index in [9.17, 15) is 127 Å². The summed E-state index contributed by atoms with van der Waals surface area (Å²) in [6.07, 6.45) is -7.70. The number of carbonyl (C=O) groups is 18. The van der Waals surface area contributed by atoms with Crippen LogP contribution in [0.1, 0.15) is 140 Å². The minimum atomic E-state index is -2.20. The zero-order valence-electron chi connectivity index (χ0n) is 57.6. The number of carboxylic acids is 6. The molecule has 2 saturated heterocycles. The van der Waals surface area contributed by atoms with E-state index in [1.54, 1.807) is 0 Å². The van der Waals surface area contributed by atoms with Gasteiger partial charge in [0.1, 0.15) is 84.0 Å². The summed E-state index contributed by atoms with van der Waals surface area (Å²) in [5.74, 6) is -22.9. The molecule has 12 atom stereocenters. The second-order valence-electron chi connectivity index (χ2n) is 25.3. The fourth-order valence-electron chi connectivity index (χ4n) is 11.1. The van der Waals surface area contributed by atoms with Gasteiger partial charge in [-0.15, -0.1) is 0 Å². The summed E-state index contributed by atoms with van der Waals surface area (Å²) in [5.41, 5.74) is 11.9. The van der Waals surface area contributed by atoms with E-state index in [0.29, 0.717) is 11.1 Å². The van der Waals surface area contributed by atoms with E-state index in [4.69, 9.17) is 11.5 Å². The van der Waals surface area contributed by atoms with Crippen LogP contribution in [0.15, 0.2) is 48.5 Å². The molecule has 4 rings (SSSR count). The summed E-state index contributed by atoms with van der Waals surface area (Å²) in [6.45, 7) is 0.227. The van der Waals surface area contributed by atoms with Crippen LogP contribution in [-0.2, 0) is 99.1 Å². The Hall–Kier alpha value is -11.6. The molecular weight excluding hydrogens is 1400 g/mol. The molecule has 0 saturated carbocycles. The molecule has 2 aromatic carbocycles. The lowest BCUT2D eigenvalue weighted by Gasteiger charge is -2.27. The number of rotatable bonds is 49. The van der Waals surface area contributed by atoms with Crippen molar-refractivity contribution in [2.75, 3.05) is 13.1 Å². The summed E-state index contributed by atoms with van der Waals surface area (Å²) in [7, 11) is 0. The van der Waals surface area contributed by atoms with Gasteiger partial charge >= 0.3 is 35.8 Å². The molecule has 106 heavy (non-hydrogen) atoms. The number of carbonyl (C=O) groups excluding carboxylic acids is 12. The van der Waals surface area contributed by atoms with Crippen molar-refractivity contribution in [1.29, 1.82) is 0 Å². The van der Waals surface area contributed by atoms with E-state index in [2.05, 4.69) is 63.8 Å². The number of unbranched alkanes of at least 4 members (excludes halogenated alkanes) is 3. The smallest absolute Gasteiger partial charge is 0.326 e. The van der Waals surface area contributed by atoms with Crippen LogP contribution in [0.5, 0.6) is 11.5 Å². The van der Waals surface area contributed by atoms with Crippen LogP contribution < -0.4 is 75.3 Å². The molecule has 2 aromatic rings. The van der Waals surface area contributed by atoms with Crippen molar-refractivity contribution in [1.82, 2.24) is 63.8 Å². The Morgan fingerprint density at radius 3 is 0.887 bits per heavy atom. The summed E-state index contributed by atoms with van der Waals surface area (Å²) in [4.78, 5) is 238. The third kappa shape index (κ3) is 31.2. The van der Waals surface area contributed by atoms with E-state index < -0.39 is 231 Å². The number of phenols is 2. The average Bonchev–Trinajstić information content (AvgIpc) is 1.20. The lowest BCUT2D eigenvalue weighted by atomic mass is 10.0. The quantitative estimate of drug-likeness (QED) is 0.0276. The zero-order valence-corrected chi connectivity index (χ0v) is 57.6. The number of nitrogens with one attached hydrogen (secondary N) is 12. The van der Waals surface area contributed by atoms with Gasteiger partial charge in [0.05, 0.1) is 12.8 Å². The standard InChI is InChI=1S/C66H92N14O26/c67-27-5-3-9-43(65(103)104)75-55(93)37(71-63(101)47(31-53(89)90)79-59(97)41(21-25-51(85)86)73-61(99)45(29-33-11-15-35(81)16-12-33)77-57(95)39-19-23-49(83)69-39)7-1-2-8-38(56(94)76-44(66(105)106)10-4-6-28-68)72-64(102)48(32-54(91)92)80-60(98)42(22-26-52(87)88)74-62(100)46(30-34-13-17-36(82)18-14-34)78-58(96)40-20-24-50(84)70-40/h11-18,37-48,81-82H,1-10,19-32,67-68H2,(H,69,83)(H,70,84)(H,71,101)(H,72,102)(H,73,99)(H,74,100)(H,75,93)(H,76,94)(H,77,95)(H,78,96)(H,79,97)(H,80,98)(H,85,86)(H,87,88)(H,89,90)(H,91,92)(H,103,104)(H,105,106)/t37?,38?,39-,40?,41-,42-,43-,44-,45-,46-,47-,48-/m0/s1. The number of carboxylic acid groups (broad SMARTS) is 6. The maximum absolute atomic E-state index is 14.4. The van der Waals surface area contributed by atoms with Crippen LogP contribution in [0.25, 0.3) is 0 Å². The second-order valence-corrected chi connectivity index (χ2v) is 25.3. The SMILES string of the molecule is NCCCC[C@H](NC(=O)C(CCCCC(NC(=O)[C@H](CC(=O)O)NC(=O)[C@H](CCC(=O)O)NC(=O)[C@H](Cc1ccc(O)cc1)NC(=O)[C@@H]1CCC(=O)N1)C(=O)N[C@@H](CCCCN)C(=O)O)NC(=O)[C@H](CC(=O)O)NC(=O)[C@H](CCC(=O)O)NC(=O)[C@H](Cc1ccc(O)cc1)NC(=O)C1CCC(=O)N1)C(=O)O. The van der Waals surface area contributed by atoms with Crippen molar-refractivity contribution in [2.45, 2.75) is 214 Å². The van der Waals surface area contributed by atoms with Gasteiger partial charge in [0.15, 0.2) is 0 Å². The minimum absolute atomic E-state index is 0.0251. The first-order chi connectivity index (χ1) is 50.2. The van der Waals surface area contributed by atoms with Crippen molar-refractivity contribution in [3.05, 3.63) is 59.7 Å². The topological polar surface area (TPSA) is 666 Å². The van der Waals surface area contributed by atoms with Gasteiger partial charge in [-0.1, -0.05) is 37.1 Å². The summed E-state index contributed by atoms with van der Waals surface area (Å²) in [5, 5.41) is 107. The molecule has 2 heterocycles. The largest absolute Gasteiger partial charge is 0.508 e. The number of aliphatic carboxylic acids is 6. The zero-order chi connectivity index (χ0) is 78.7. The lowest BCUT2D eigenvalue weighted by molar-refractivity contribution is -0.143. The van der Waals surface area contributed by atoms with E-state index >= 15 is 0 Å². The summed E-state index contributed by atoms with van der Waals surface area (Å²) < 4.78 is 0.